The van der Waals surface area contributed by atoms with Gasteiger partial charge in [0.15, 0.2) is 0 Å². The van der Waals surface area contributed by atoms with E-state index in [1.54, 1.807) is 18.2 Å². The molecule has 1 atom stereocenters. The van der Waals surface area contributed by atoms with E-state index in [9.17, 15) is 8.42 Å². The third kappa shape index (κ3) is 3.48. The molecule has 1 aliphatic heterocycles. The number of rotatable bonds is 4. The lowest BCUT2D eigenvalue weighted by Crippen LogP contribution is -2.49. The van der Waals surface area contributed by atoms with Gasteiger partial charge in [-0.15, -0.1) is 0 Å². The molecule has 0 aliphatic carbocycles. The zero-order valence-electron chi connectivity index (χ0n) is 14.7. The average molecular weight is 423 g/mol. The SMILES string of the molecule is C[C@H](c1ccccc1Cl)N1CCN(S(=O)(=O)c2cccc3nsnc23)CC1. The van der Waals surface area contributed by atoms with E-state index in [4.69, 9.17) is 11.6 Å². The summed E-state index contributed by atoms with van der Waals surface area (Å²) in [6.07, 6.45) is 0. The van der Waals surface area contributed by atoms with E-state index in [1.165, 1.54) is 4.31 Å². The van der Waals surface area contributed by atoms with Gasteiger partial charge in [0, 0.05) is 37.2 Å². The van der Waals surface area contributed by atoms with Crippen molar-refractivity contribution in [3.8, 4) is 0 Å². The molecule has 6 nitrogen and oxygen atoms in total. The molecule has 4 rings (SSSR count). The van der Waals surface area contributed by atoms with Gasteiger partial charge in [0.05, 0.1) is 11.7 Å². The van der Waals surface area contributed by atoms with Crippen LogP contribution < -0.4 is 0 Å². The lowest BCUT2D eigenvalue weighted by molar-refractivity contribution is 0.146. The molecule has 0 saturated carbocycles. The van der Waals surface area contributed by atoms with Crippen molar-refractivity contribution in [3.63, 3.8) is 0 Å². The van der Waals surface area contributed by atoms with Crippen molar-refractivity contribution in [2.75, 3.05) is 26.2 Å². The van der Waals surface area contributed by atoms with Crippen LogP contribution in [0.15, 0.2) is 47.4 Å². The summed E-state index contributed by atoms with van der Waals surface area (Å²) in [4.78, 5) is 2.50. The van der Waals surface area contributed by atoms with Gasteiger partial charge >= 0.3 is 0 Å². The van der Waals surface area contributed by atoms with Gasteiger partial charge in [-0.3, -0.25) is 4.90 Å². The monoisotopic (exact) mass is 422 g/mol. The Bertz CT molecular complexity index is 1060. The van der Waals surface area contributed by atoms with Gasteiger partial charge in [-0.1, -0.05) is 35.9 Å². The molecule has 1 fully saturated rings. The molecule has 3 aromatic rings. The van der Waals surface area contributed by atoms with Crippen LogP contribution in [0.5, 0.6) is 0 Å². The highest BCUT2D eigenvalue weighted by atomic mass is 35.5. The molecular formula is C18H19ClN4O2S2. The summed E-state index contributed by atoms with van der Waals surface area (Å²) in [6.45, 7) is 4.27. The van der Waals surface area contributed by atoms with Gasteiger partial charge in [0.2, 0.25) is 10.0 Å². The molecular weight excluding hydrogens is 404 g/mol. The molecule has 0 radical (unpaired) electrons. The van der Waals surface area contributed by atoms with Gasteiger partial charge in [-0.05, 0) is 30.7 Å². The topological polar surface area (TPSA) is 66.4 Å². The van der Waals surface area contributed by atoms with Crippen LogP contribution in [0.25, 0.3) is 11.0 Å². The minimum absolute atomic E-state index is 0.134. The second kappa shape index (κ2) is 7.44. The smallest absolute Gasteiger partial charge is 0.245 e. The standard InChI is InChI=1S/C18H19ClN4O2S2/c1-13(14-5-2-3-6-15(14)19)22-9-11-23(12-10-22)27(24,25)17-8-4-7-16-18(17)21-26-20-16/h2-8,13H,9-12H2,1H3/t13-/m1/s1. The Labute approximate surface area is 167 Å². The summed E-state index contributed by atoms with van der Waals surface area (Å²) in [5, 5.41) is 0.739. The number of halogens is 1. The molecule has 1 aliphatic rings. The van der Waals surface area contributed by atoms with E-state index < -0.39 is 10.0 Å². The van der Waals surface area contributed by atoms with Gasteiger partial charge in [0.25, 0.3) is 0 Å². The summed E-state index contributed by atoms with van der Waals surface area (Å²) in [5.74, 6) is 0. The van der Waals surface area contributed by atoms with Crippen LogP contribution in [0.2, 0.25) is 5.02 Å². The first-order chi connectivity index (χ1) is 13.0. The highest BCUT2D eigenvalue weighted by Gasteiger charge is 2.32. The minimum atomic E-state index is -3.60. The van der Waals surface area contributed by atoms with Gasteiger partial charge in [-0.25, -0.2) is 8.42 Å². The minimum Gasteiger partial charge on any atom is -0.294 e. The number of sulfonamides is 1. The number of nitrogens with zero attached hydrogens (tertiary/aromatic N) is 4. The summed E-state index contributed by atoms with van der Waals surface area (Å²) in [5.41, 5.74) is 2.13. The fraction of sp³-hybridized carbons (Fsp3) is 0.333. The first-order valence-electron chi connectivity index (χ1n) is 8.68. The van der Waals surface area contributed by atoms with Crippen LogP contribution in [-0.4, -0.2) is 52.5 Å². The average Bonchev–Trinajstić information content (AvgIpc) is 3.16. The largest absolute Gasteiger partial charge is 0.294 e. The number of fused-ring (bicyclic) bond motifs is 1. The number of aromatic nitrogens is 2. The number of hydrogen-bond acceptors (Lipinski definition) is 6. The van der Waals surface area contributed by atoms with E-state index in [2.05, 4.69) is 20.6 Å². The Hall–Kier alpha value is -1.58. The lowest BCUT2D eigenvalue weighted by atomic mass is 10.1. The molecule has 0 N–H and O–H groups in total. The second-order valence-corrected chi connectivity index (χ2v) is 9.37. The van der Waals surface area contributed by atoms with Crippen molar-refractivity contribution in [3.05, 3.63) is 53.1 Å². The third-order valence-corrected chi connectivity index (χ3v) is 7.86. The summed E-state index contributed by atoms with van der Waals surface area (Å²) < 4.78 is 36.1. The van der Waals surface area contributed by atoms with Crippen LogP contribution in [0.1, 0.15) is 18.5 Å². The quantitative estimate of drug-likeness (QED) is 0.644. The summed E-state index contributed by atoms with van der Waals surface area (Å²) >= 11 is 7.35. The van der Waals surface area contributed by atoms with E-state index in [0.717, 1.165) is 22.3 Å². The maximum absolute atomic E-state index is 13.1. The van der Waals surface area contributed by atoms with Gasteiger partial charge in [-0.2, -0.15) is 13.1 Å². The Kier molecular flexibility index (Phi) is 5.17. The number of piperazine rings is 1. The molecule has 27 heavy (non-hydrogen) atoms. The number of benzene rings is 2. The zero-order chi connectivity index (χ0) is 19.0. The second-order valence-electron chi connectivity index (χ2n) is 6.53. The van der Waals surface area contributed by atoms with Crippen molar-refractivity contribution < 1.29 is 8.42 Å². The predicted molar refractivity (Wildman–Crippen MR) is 108 cm³/mol. The van der Waals surface area contributed by atoms with Crippen molar-refractivity contribution in [1.82, 2.24) is 18.0 Å². The normalized spacial score (nSPS) is 18.0. The fourth-order valence-corrected chi connectivity index (χ4v) is 5.94. The highest BCUT2D eigenvalue weighted by molar-refractivity contribution is 7.89. The first-order valence-corrected chi connectivity index (χ1v) is 11.2. The van der Waals surface area contributed by atoms with Crippen LogP contribution in [0, 0.1) is 0 Å². The van der Waals surface area contributed by atoms with E-state index in [-0.39, 0.29) is 10.9 Å². The Morgan fingerprint density at radius 3 is 2.52 bits per heavy atom. The third-order valence-electron chi connectivity index (χ3n) is 5.04. The maximum Gasteiger partial charge on any atom is 0.245 e. The Morgan fingerprint density at radius 2 is 1.78 bits per heavy atom. The first kappa shape index (κ1) is 18.8. The molecule has 0 bridgehead atoms. The van der Waals surface area contributed by atoms with E-state index in [1.807, 2.05) is 24.3 Å². The molecule has 0 unspecified atom stereocenters. The van der Waals surface area contributed by atoms with Crippen LogP contribution in [0.4, 0.5) is 0 Å². The molecule has 142 valence electrons. The van der Waals surface area contributed by atoms with Crippen molar-refractivity contribution in [2.24, 2.45) is 0 Å². The predicted octanol–water partition coefficient (Wildman–Crippen LogP) is 3.41. The summed E-state index contributed by atoms with van der Waals surface area (Å²) in [6, 6.07) is 13.0. The van der Waals surface area contributed by atoms with Crippen LogP contribution in [-0.2, 0) is 10.0 Å². The summed E-state index contributed by atoms with van der Waals surface area (Å²) in [7, 11) is -3.60. The van der Waals surface area contributed by atoms with E-state index >= 15 is 0 Å². The molecule has 2 aromatic carbocycles. The molecule has 9 heteroatoms. The van der Waals surface area contributed by atoms with E-state index in [0.29, 0.717) is 37.2 Å². The molecule has 0 amide bonds. The van der Waals surface area contributed by atoms with Crippen molar-refractivity contribution >= 4 is 44.4 Å². The maximum atomic E-state index is 13.1. The van der Waals surface area contributed by atoms with Crippen molar-refractivity contribution in [2.45, 2.75) is 17.9 Å². The Morgan fingerprint density at radius 1 is 1.04 bits per heavy atom. The lowest BCUT2D eigenvalue weighted by Gasteiger charge is -2.37. The molecule has 0 spiro atoms. The van der Waals surface area contributed by atoms with Crippen LogP contribution >= 0.6 is 23.3 Å². The number of hydrogen-bond donors (Lipinski definition) is 0. The van der Waals surface area contributed by atoms with Gasteiger partial charge < -0.3 is 0 Å². The fourth-order valence-electron chi connectivity index (χ4n) is 3.47. The molecule has 1 aromatic heterocycles. The molecule has 1 saturated heterocycles. The van der Waals surface area contributed by atoms with Crippen molar-refractivity contribution in [1.29, 1.82) is 0 Å². The zero-order valence-corrected chi connectivity index (χ0v) is 17.1. The van der Waals surface area contributed by atoms with Gasteiger partial charge in [0.1, 0.15) is 15.9 Å². The highest BCUT2D eigenvalue weighted by Crippen LogP contribution is 2.30. The molecule has 2 heterocycles. The van der Waals surface area contributed by atoms with Crippen LogP contribution in [0.3, 0.4) is 0 Å². The Balaban J connectivity index is 1.52.